The van der Waals surface area contributed by atoms with E-state index in [2.05, 4.69) is 5.10 Å². The van der Waals surface area contributed by atoms with Crippen molar-refractivity contribution in [1.82, 2.24) is 9.78 Å². The van der Waals surface area contributed by atoms with E-state index in [-0.39, 0.29) is 17.6 Å². The van der Waals surface area contributed by atoms with E-state index >= 15 is 0 Å². The molecule has 0 spiro atoms. The molecule has 0 atom stereocenters. The second kappa shape index (κ2) is 5.72. The first-order valence-corrected chi connectivity index (χ1v) is 7.17. The number of hydrogen-bond acceptors (Lipinski definition) is 4. The lowest BCUT2D eigenvalue weighted by molar-refractivity contribution is -0.144. The van der Waals surface area contributed by atoms with Crippen LogP contribution in [0.4, 0.5) is 13.2 Å². The van der Waals surface area contributed by atoms with Crippen LogP contribution in [-0.2, 0) is 16.4 Å². The van der Waals surface area contributed by atoms with Gasteiger partial charge in [-0.1, -0.05) is 13.3 Å². The summed E-state index contributed by atoms with van der Waals surface area (Å²) in [6, 6.07) is 0. The zero-order valence-corrected chi connectivity index (χ0v) is 11.0. The van der Waals surface area contributed by atoms with Crippen LogP contribution in [0.15, 0.2) is 11.2 Å². The highest BCUT2D eigenvalue weighted by Gasteiger charge is 2.33. The fourth-order valence-electron chi connectivity index (χ4n) is 1.52. The number of sulfone groups is 1. The standard InChI is InChI=1S/C10H13F3N2O3S/c1-2-3-4-19(17,18)9-8(6-16)5-14-15(9)7-10(11,12)13/h5-6H,2-4,7H2,1H3. The number of carbonyl (C=O) groups excluding carboxylic acids is 1. The summed E-state index contributed by atoms with van der Waals surface area (Å²) in [6.45, 7) is 0.213. The molecule has 0 aliphatic rings. The molecule has 19 heavy (non-hydrogen) atoms. The Labute approximate surface area is 108 Å². The summed E-state index contributed by atoms with van der Waals surface area (Å²) in [5.41, 5.74) is -0.347. The van der Waals surface area contributed by atoms with E-state index in [0.717, 1.165) is 6.20 Å². The van der Waals surface area contributed by atoms with Crippen molar-refractivity contribution in [2.75, 3.05) is 5.75 Å². The molecule has 0 aliphatic heterocycles. The predicted octanol–water partition coefficient (Wildman–Crippen LogP) is 1.83. The molecule has 0 N–H and O–H groups in total. The minimum absolute atomic E-state index is 0.193. The molecule has 0 saturated carbocycles. The van der Waals surface area contributed by atoms with E-state index in [0.29, 0.717) is 17.5 Å². The summed E-state index contributed by atoms with van der Waals surface area (Å²) in [4.78, 5) is 10.7. The van der Waals surface area contributed by atoms with Crippen LogP contribution in [0.3, 0.4) is 0 Å². The van der Waals surface area contributed by atoms with Gasteiger partial charge >= 0.3 is 6.18 Å². The Hall–Kier alpha value is -1.38. The molecule has 9 heteroatoms. The molecule has 0 radical (unpaired) electrons. The number of aldehydes is 1. The van der Waals surface area contributed by atoms with Gasteiger partial charge in [-0.3, -0.25) is 4.79 Å². The highest BCUT2D eigenvalue weighted by atomic mass is 32.2. The van der Waals surface area contributed by atoms with Gasteiger partial charge < -0.3 is 0 Å². The summed E-state index contributed by atoms with van der Waals surface area (Å²) < 4.78 is 61.2. The number of unbranched alkanes of at least 4 members (excludes halogenated alkanes) is 1. The van der Waals surface area contributed by atoms with Crippen molar-refractivity contribution in [3.63, 3.8) is 0 Å². The van der Waals surface area contributed by atoms with Crippen LogP contribution in [0.25, 0.3) is 0 Å². The Morgan fingerprint density at radius 1 is 1.42 bits per heavy atom. The Kier molecular flexibility index (Phi) is 4.72. The van der Waals surface area contributed by atoms with Crippen LogP contribution in [-0.4, -0.2) is 36.4 Å². The van der Waals surface area contributed by atoms with Gasteiger partial charge in [0.1, 0.15) is 6.54 Å². The normalized spacial score (nSPS) is 12.6. The van der Waals surface area contributed by atoms with Gasteiger partial charge in [0.25, 0.3) is 0 Å². The largest absolute Gasteiger partial charge is 0.408 e. The average molecular weight is 298 g/mol. The number of alkyl halides is 3. The number of aromatic nitrogens is 2. The number of carbonyl (C=O) groups is 1. The molecule has 0 bridgehead atoms. The lowest BCUT2D eigenvalue weighted by atomic mass is 10.4. The van der Waals surface area contributed by atoms with Gasteiger partial charge in [0.05, 0.1) is 17.5 Å². The third-order valence-electron chi connectivity index (χ3n) is 2.33. The molecule has 1 heterocycles. The maximum absolute atomic E-state index is 12.3. The van der Waals surface area contributed by atoms with Crippen LogP contribution in [0.2, 0.25) is 0 Å². The summed E-state index contributed by atoms with van der Waals surface area (Å²) in [6.07, 6.45) is -2.71. The molecule has 0 fully saturated rings. The van der Waals surface area contributed by atoms with E-state index in [1.54, 1.807) is 6.92 Å². The molecule has 1 aromatic heterocycles. The Balaban J connectivity index is 3.23. The van der Waals surface area contributed by atoms with Crippen molar-refractivity contribution in [3.05, 3.63) is 11.8 Å². The molecule has 1 aromatic rings. The first-order chi connectivity index (χ1) is 8.71. The third-order valence-corrected chi connectivity index (χ3v) is 4.20. The Morgan fingerprint density at radius 2 is 2.05 bits per heavy atom. The van der Waals surface area contributed by atoms with Crippen molar-refractivity contribution in [2.45, 2.75) is 37.5 Å². The fourth-order valence-corrected chi connectivity index (χ4v) is 3.28. The van der Waals surface area contributed by atoms with Crippen LogP contribution in [0, 0.1) is 0 Å². The molecule has 1 rings (SSSR count). The van der Waals surface area contributed by atoms with Crippen molar-refractivity contribution in [1.29, 1.82) is 0 Å². The van der Waals surface area contributed by atoms with Crippen LogP contribution < -0.4 is 0 Å². The van der Waals surface area contributed by atoms with E-state index in [1.165, 1.54) is 0 Å². The molecule has 0 saturated heterocycles. The lowest BCUT2D eigenvalue weighted by Crippen LogP contribution is -2.23. The van der Waals surface area contributed by atoms with Gasteiger partial charge in [-0.15, -0.1) is 0 Å². The molecule has 0 aliphatic carbocycles. The summed E-state index contributed by atoms with van der Waals surface area (Å²) in [7, 11) is -3.96. The molecule has 0 amide bonds. The summed E-state index contributed by atoms with van der Waals surface area (Å²) in [5, 5.41) is 2.67. The van der Waals surface area contributed by atoms with Gasteiger partial charge in [-0.05, 0) is 6.42 Å². The predicted molar refractivity (Wildman–Crippen MR) is 60.6 cm³/mol. The van der Waals surface area contributed by atoms with E-state index < -0.39 is 27.6 Å². The monoisotopic (exact) mass is 298 g/mol. The molecule has 108 valence electrons. The zero-order chi connectivity index (χ0) is 14.7. The van der Waals surface area contributed by atoms with Gasteiger partial charge in [0.15, 0.2) is 21.1 Å². The first-order valence-electron chi connectivity index (χ1n) is 5.51. The van der Waals surface area contributed by atoms with Gasteiger partial charge in [-0.2, -0.15) is 18.3 Å². The van der Waals surface area contributed by atoms with Crippen molar-refractivity contribution in [3.8, 4) is 0 Å². The number of halogens is 3. The van der Waals surface area contributed by atoms with Crippen LogP contribution in [0.5, 0.6) is 0 Å². The van der Waals surface area contributed by atoms with Crippen molar-refractivity contribution < 1.29 is 26.4 Å². The van der Waals surface area contributed by atoms with E-state index in [9.17, 15) is 26.4 Å². The van der Waals surface area contributed by atoms with Crippen LogP contribution in [0.1, 0.15) is 30.1 Å². The van der Waals surface area contributed by atoms with Crippen molar-refractivity contribution >= 4 is 16.1 Å². The second-order valence-corrected chi connectivity index (χ2v) is 5.99. The highest BCUT2D eigenvalue weighted by molar-refractivity contribution is 7.91. The SMILES string of the molecule is CCCCS(=O)(=O)c1c(C=O)cnn1CC(F)(F)F. The molecule has 0 aromatic carbocycles. The molecule has 5 nitrogen and oxygen atoms in total. The third kappa shape index (κ3) is 4.05. The smallest absolute Gasteiger partial charge is 0.298 e. The fraction of sp³-hybridized carbons (Fsp3) is 0.600. The number of hydrogen-bond donors (Lipinski definition) is 0. The zero-order valence-electron chi connectivity index (χ0n) is 10.1. The topological polar surface area (TPSA) is 69.0 Å². The first kappa shape index (κ1) is 15.7. The number of rotatable bonds is 6. The molecule has 0 unspecified atom stereocenters. The molecular weight excluding hydrogens is 285 g/mol. The van der Waals surface area contributed by atoms with E-state index in [1.807, 2.05) is 0 Å². The Bertz CT molecular complexity index is 549. The maximum atomic E-state index is 12.3. The number of nitrogens with zero attached hydrogens (tertiary/aromatic N) is 2. The summed E-state index contributed by atoms with van der Waals surface area (Å²) in [5.74, 6) is -0.312. The summed E-state index contributed by atoms with van der Waals surface area (Å²) >= 11 is 0. The van der Waals surface area contributed by atoms with Gasteiger partial charge in [0.2, 0.25) is 0 Å². The Morgan fingerprint density at radius 3 is 2.53 bits per heavy atom. The highest BCUT2D eigenvalue weighted by Crippen LogP contribution is 2.23. The lowest BCUT2D eigenvalue weighted by Gasteiger charge is -2.11. The second-order valence-electron chi connectivity index (χ2n) is 3.97. The van der Waals surface area contributed by atoms with E-state index in [4.69, 9.17) is 0 Å². The van der Waals surface area contributed by atoms with Gasteiger partial charge in [-0.25, -0.2) is 13.1 Å². The van der Waals surface area contributed by atoms with Crippen molar-refractivity contribution in [2.24, 2.45) is 0 Å². The minimum atomic E-state index is -4.61. The molecular formula is C10H13F3N2O3S. The quantitative estimate of drug-likeness (QED) is 0.751. The minimum Gasteiger partial charge on any atom is -0.298 e. The van der Waals surface area contributed by atoms with Crippen LogP contribution >= 0.6 is 0 Å². The average Bonchev–Trinajstić information content (AvgIpc) is 2.67. The maximum Gasteiger partial charge on any atom is 0.408 e. The van der Waals surface area contributed by atoms with Gasteiger partial charge in [0, 0.05) is 0 Å².